The van der Waals surface area contributed by atoms with Gasteiger partial charge < -0.3 is 9.30 Å². The molecule has 4 aromatic rings. The summed E-state index contributed by atoms with van der Waals surface area (Å²) in [6.07, 6.45) is 2.67. The number of unbranched alkanes of at least 4 members (excludes halogenated alkanes) is 1. The molecular formula is C26H26Cl2N2O. The molecule has 0 spiro atoms. The molecule has 31 heavy (non-hydrogen) atoms. The van der Waals surface area contributed by atoms with Crippen molar-refractivity contribution in [1.29, 1.82) is 0 Å². The Balaban J connectivity index is 1.42. The zero-order valence-corrected chi connectivity index (χ0v) is 19.4. The van der Waals surface area contributed by atoms with Crippen LogP contribution in [0.3, 0.4) is 0 Å². The Labute approximate surface area is 193 Å². The van der Waals surface area contributed by atoms with E-state index in [2.05, 4.69) is 28.8 Å². The molecule has 3 aromatic carbocycles. The highest BCUT2D eigenvalue weighted by Gasteiger charge is 2.12. The predicted octanol–water partition coefficient (Wildman–Crippen LogP) is 7.41. The summed E-state index contributed by atoms with van der Waals surface area (Å²) in [5.74, 6) is 1.92. The third kappa shape index (κ3) is 5.06. The molecule has 0 bridgehead atoms. The molecule has 0 fully saturated rings. The third-order valence-electron chi connectivity index (χ3n) is 5.49. The maximum absolute atomic E-state index is 6.40. The lowest BCUT2D eigenvalue weighted by Crippen LogP contribution is -2.07. The lowest BCUT2D eigenvalue weighted by atomic mass is 10.1. The van der Waals surface area contributed by atoms with Crippen molar-refractivity contribution in [2.24, 2.45) is 0 Å². The van der Waals surface area contributed by atoms with Gasteiger partial charge in [0, 0.05) is 23.0 Å². The molecule has 1 aromatic heterocycles. The Bertz CT molecular complexity index is 1180. The molecule has 0 unspecified atom stereocenters. The van der Waals surface area contributed by atoms with Crippen molar-refractivity contribution in [3.05, 3.63) is 93.2 Å². The van der Waals surface area contributed by atoms with Crippen LogP contribution in [0.5, 0.6) is 5.75 Å². The van der Waals surface area contributed by atoms with Crippen molar-refractivity contribution in [3.8, 4) is 5.75 Å². The molecule has 0 aliphatic carbocycles. The first-order chi connectivity index (χ1) is 15.0. The van der Waals surface area contributed by atoms with Crippen molar-refractivity contribution < 1.29 is 4.74 Å². The number of rotatable bonds is 8. The topological polar surface area (TPSA) is 27.1 Å². The number of ether oxygens (including phenoxy) is 1. The fourth-order valence-electron chi connectivity index (χ4n) is 3.87. The highest BCUT2D eigenvalue weighted by atomic mass is 35.5. The minimum absolute atomic E-state index is 0.674. The minimum Gasteiger partial charge on any atom is -0.494 e. The lowest BCUT2D eigenvalue weighted by Gasteiger charge is -2.12. The third-order valence-corrected chi connectivity index (χ3v) is 6.46. The van der Waals surface area contributed by atoms with Crippen LogP contribution in [0.15, 0.2) is 60.7 Å². The van der Waals surface area contributed by atoms with Gasteiger partial charge >= 0.3 is 0 Å². The van der Waals surface area contributed by atoms with Gasteiger partial charge in [-0.25, -0.2) is 4.98 Å². The number of aryl methyl sites for hydroxylation is 3. The van der Waals surface area contributed by atoms with Crippen LogP contribution in [0.25, 0.3) is 11.0 Å². The molecule has 0 radical (unpaired) electrons. The van der Waals surface area contributed by atoms with Crippen molar-refractivity contribution >= 4 is 34.2 Å². The zero-order chi connectivity index (χ0) is 21.8. The van der Waals surface area contributed by atoms with Crippen LogP contribution < -0.4 is 4.74 Å². The van der Waals surface area contributed by atoms with E-state index in [4.69, 9.17) is 32.9 Å². The quantitative estimate of drug-likeness (QED) is 0.260. The van der Waals surface area contributed by atoms with Gasteiger partial charge in [0.15, 0.2) is 0 Å². The number of halogens is 2. The van der Waals surface area contributed by atoms with Crippen LogP contribution in [0, 0.1) is 13.8 Å². The van der Waals surface area contributed by atoms with Crippen molar-refractivity contribution in [3.63, 3.8) is 0 Å². The van der Waals surface area contributed by atoms with Gasteiger partial charge in [0.2, 0.25) is 0 Å². The maximum atomic E-state index is 6.40. The van der Waals surface area contributed by atoms with Crippen LogP contribution in [0.4, 0.5) is 0 Å². The van der Waals surface area contributed by atoms with Gasteiger partial charge in [0.05, 0.1) is 17.6 Å². The predicted molar refractivity (Wildman–Crippen MR) is 130 cm³/mol. The van der Waals surface area contributed by atoms with E-state index < -0.39 is 0 Å². The summed E-state index contributed by atoms with van der Waals surface area (Å²) in [4.78, 5) is 4.88. The van der Waals surface area contributed by atoms with E-state index >= 15 is 0 Å². The van der Waals surface area contributed by atoms with Crippen molar-refractivity contribution in [2.75, 3.05) is 6.61 Å². The Morgan fingerprint density at radius 1 is 0.903 bits per heavy atom. The number of nitrogens with zero attached hydrogens (tertiary/aromatic N) is 2. The highest BCUT2D eigenvalue weighted by molar-refractivity contribution is 6.32. The molecule has 0 aliphatic heterocycles. The van der Waals surface area contributed by atoms with Gasteiger partial charge in [-0.15, -0.1) is 0 Å². The fourth-order valence-corrected chi connectivity index (χ4v) is 4.19. The Morgan fingerprint density at radius 3 is 2.39 bits per heavy atom. The number of fused-ring (bicyclic) bond motifs is 1. The second-order valence-corrected chi connectivity index (χ2v) is 8.65. The van der Waals surface area contributed by atoms with Gasteiger partial charge in [0.25, 0.3) is 0 Å². The molecule has 0 saturated carbocycles. The number of benzene rings is 3. The van der Waals surface area contributed by atoms with Crippen LogP contribution in [-0.4, -0.2) is 16.2 Å². The van der Waals surface area contributed by atoms with Crippen LogP contribution in [0.2, 0.25) is 10.0 Å². The number of para-hydroxylation sites is 2. The van der Waals surface area contributed by atoms with Crippen LogP contribution in [-0.2, 0) is 13.0 Å². The summed E-state index contributed by atoms with van der Waals surface area (Å²) in [6.45, 7) is 5.58. The Kier molecular flexibility index (Phi) is 6.84. The van der Waals surface area contributed by atoms with Gasteiger partial charge in [-0.05, 0) is 73.7 Å². The fraction of sp³-hybridized carbons (Fsp3) is 0.269. The normalized spacial score (nSPS) is 11.2. The molecule has 3 nitrogen and oxygen atoms in total. The second-order valence-electron chi connectivity index (χ2n) is 7.86. The van der Waals surface area contributed by atoms with E-state index in [0.29, 0.717) is 13.0 Å². The monoisotopic (exact) mass is 452 g/mol. The van der Waals surface area contributed by atoms with E-state index in [1.54, 1.807) is 0 Å². The number of imidazole rings is 1. The summed E-state index contributed by atoms with van der Waals surface area (Å²) >= 11 is 12.6. The van der Waals surface area contributed by atoms with Crippen molar-refractivity contribution in [1.82, 2.24) is 9.55 Å². The summed E-state index contributed by atoms with van der Waals surface area (Å²) < 4.78 is 8.28. The van der Waals surface area contributed by atoms with E-state index in [0.717, 1.165) is 68.7 Å². The molecule has 0 saturated heterocycles. The van der Waals surface area contributed by atoms with Crippen molar-refractivity contribution in [2.45, 2.75) is 39.7 Å². The van der Waals surface area contributed by atoms with Crippen LogP contribution >= 0.6 is 23.2 Å². The summed E-state index contributed by atoms with van der Waals surface area (Å²) in [5, 5.41) is 1.59. The molecule has 0 atom stereocenters. The van der Waals surface area contributed by atoms with E-state index in [1.807, 2.05) is 50.2 Å². The Hall–Kier alpha value is -2.49. The first kappa shape index (κ1) is 21.7. The average molecular weight is 453 g/mol. The number of hydrogen-bond donors (Lipinski definition) is 0. The molecule has 4 rings (SSSR count). The zero-order valence-electron chi connectivity index (χ0n) is 17.9. The molecule has 0 amide bonds. The molecule has 0 N–H and O–H groups in total. The standard InChI is InChI=1S/C26H26Cl2N2O/c1-18-15-21(16-19(2)26(18)28)31-14-8-7-13-30-24-12-6-5-11-23(24)29-25(30)17-20-9-3-4-10-22(20)27/h3-6,9-12,15-16H,7-8,13-14,17H2,1-2H3. The second kappa shape index (κ2) is 9.76. The van der Waals surface area contributed by atoms with Gasteiger partial charge in [-0.1, -0.05) is 53.5 Å². The maximum Gasteiger partial charge on any atom is 0.119 e. The molecule has 1 heterocycles. The SMILES string of the molecule is Cc1cc(OCCCCn2c(Cc3ccccc3Cl)nc3ccccc32)cc(C)c1Cl. The van der Waals surface area contributed by atoms with Crippen LogP contribution in [0.1, 0.15) is 35.4 Å². The summed E-state index contributed by atoms with van der Waals surface area (Å²) in [5.41, 5.74) is 5.37. The smallest absolute Gasteiger partial charge is 0.119 e. The molecular weight excluding hydrogens is 427 g/mol. The first-order valence-corrected chi connectivity index (χ1v) is 11.4. The highest BCUT2D eigenvalue weighted by Crippen LogP contribution is 2.26. The van der Waals surface area contributed by atoms with E-state index in [-0.39, 0.29) is 0 Å². The molecule has 160 valence electrons. The molecule has 5 heteroatoms. The first-order valence-electron chi connectivity index (χ1n) is 10.6. The molecule has 0 aliphatic rings. The summed E-state index contributed by atoms with van der Waals surface area (Å²) in [6, 6.07) is 20.3. The minimum atomic E-state index is 0.674. The van der Waals surface area contributed by atoms with Gasteiger partial charge in [0.1, 0.15) is 11.6 Å². The number of hydrogen-bond acceptors (Lipinski definition) is 2. The summed E-state index contributed by atoms with van der Waals surface area (Å²) in [7, 11) is 0. The largest absolute Gasteiger partial charge is 0.494 e. The average Bonchev–Trinajstić information content (AvgIpc) is 3.10. The Morgan fingerprint density at radius 2 is 1.61 bits per heavy atom. The number of aromatic nitrogens is 2. The van der Waals surface area contributed by atoms with Gasteiger partial charge in [-0.2, -0.15) is 0 Å². The van der Waals surface area contributed by atoms with E-state index in [1.165, 1.54) is 0 Å². The van der Waals surface area contributed by atoms with Gasteiger partial charge in [-0.3, -0.25) is 0 Å². The lowest BCUT2D eigenvalue weighted by molar-refractivity contribution is 0.303. The van der Waals surface area contributed by atoms with E-state index in [9.17, 15) is 0 Å².